The number of aliphatic carboxylic acids is 1. The molecule has 132 valence electrons. The summed E-state index contributed by atoms with van der Waals surface area (Å²) in [4.78, 5) is 30.3. The van der Waals surface area contributed by atoms with Crippen LogP contribution in [0, 0.1) is 12.8 Å². The summed E-state index contributed by atoms with van der Waals surface area (Å²) in [6, 6.07) is 1.15. The van der Waals surface area contributed by atoms with Crippen molar-refractivity contribution in [2.24, 2.45) is 5.92 Å². The molecule has 24 heavy (non-hydrogen) atoms. The summed E-state index contributed by atoms with van der Waals surface area (Å²) in [5.74, 6) is -4.05. The van der Waals surface area contributed by atoms with Crippen LogP contribution in [-0.4, -0.2) is 32.5 Å². The molecule has 0 saturated heterocycles. The molecule has 0 aliphatic heterocycles. The van der Waals surface area contributed by atoms with E-state index in [0.717, 1.165) is 18.9 Å². The minimum Gasteiger partial charge on any atom is -0.481 e. The van der Waals surface area contributed by atoms with Gasteiger partial charge in [-0.3, -0.25) is 9.59 Å². The van der Waals surface area contributed by atoms with Gasteiger partial charge in [-0.15, -0.1) is 0 Å². The van der Waals surface area contributed by atoms with Gasteiger partial charge in [-0.1, -0.05) is 12.8 Å². The minimum absolute atomic E-state index is 0.00561. The number of amides is 1. The van der Waals surface area contributed by atoms with Crippen LogP contribution in [-0.2, 0) is 11.0 Å². The third-order valence-corrected chi connectivity index (χ3v) is 4.25. The Morgan fingerprint density at radius 3 is 2.58 bits per heavy atom. The molecule has 0 aromatic carbocycles. The predicted octanol–water partition coefficient (Wildman–Crippen LogP) is 2.57. The van der Waals surface area contributed by atoms with Gasteiger partial charge in [0.05, 0.1) is 11.5 Å². The predicted molar refractivity (Wildman–Crippen MR) is 77.2 cm³/mol. The molecule has 2 atom stereocenters. The Kier molecular flexibility index (Phi) is 4.82. The second-order valence-corrected chi connectivity index (χ2v) is 6.22. The largest absolute Gasteiger partial charge is 0.481 e. The molecule has 9 heteroatoms. The highest BCUT2D eigenvalue weighted by molar-refractivity contribution is 5.93. The van der Waals surface area contributed by atoms with E-state index in [1.807, 2.05) is 0 Å². The summed E-state index contributed by atoms with van der Waals surface area (Å²) in [7, 11) is 0. The maximum atomic E-state index is 12.8. The van der Waals surface area contributed by atoms with E-state index < -0.39 is 41.0 Å². The van der Waals surface area contributed by atoms with Crippen molar-refractivity contribution in [3.05, 3.63) is 23.3 Å². The van der Waals surface area contributed by atoms with Crippen LogP contribution in [0.4, 0.5) is 13.2 Å². The van der Waals surface area contributed by atoms with Gasteiger partial charge in [0, 0.05) is 5.69 Å². The van der Waals surface area contributed by atoms with Crippen molar-refractivity contribution < 1.29 is 27.9 Å². The zero-order valence-electron chi connectivity index (χ0n) is 13.3. The molecule has 1 amide bonds. The smallest absolute Gasteiger partial charge is 0.451 e. The summed E-state index contributed by atoms with van der Waals surface area (Å²) in [5, 5.41) is 11.9. The fourth-order valence-electron chi connectivity index (χ4n) is 3.01. The minimum atomic E-state index is -4.76. The number of rotatable bonds is 3. The van der Waals surface area contributed by atoms with Crippen LogP contribution in [0.3, 0.4) is 0 Å². The molecule has 1 saturated carbocycles. The summed E-state index contributed by atoms with van der Waals surface area (Å²) < 4.78 is 38.3. The van der Waals surface area contributed by atoms with Gasteiger partial charge in [0.2, 0.25) is 5.82 Å². The summed E-state index contributed by atoms with van der Waals surface area (Å²) in [5.41, 5.74) is -1.45. The first-order valence-electron chi connectivity index (χ1n) is 7.51. The number of carboxylic acids is 1. The lowest BCUT2D eigenvalue weighted by Gasteiger charge is -2.39. The number of carbonyl (C=O) groups is 2. The third-order valence-electron chi connectivity index (χ3n) is 4.25. The van der Waals surface area contributed by atoms with Crippen LogP contribution < -0.4 is 5.32 Å². The number of hydrogen-bond donors (Lipinski definition) is 2. The van der Waals surface area contributed by atoms with E-state index in [1.165, 1.54) is 6.92 Å². The number of halogens is 3. The molecule has 1 fully saturated rings. The molecular formula is C15H18F3N3O3. The van der Waals surface area contributed by atoms with Gasteiger partial charge in [0.15, 0.2) is 0 Å². The van der Waals surface area contributed by atoms with Crippen LogP contribution in [0.2, 0.25) is 0 Å². The van der Waals surface area contributed by atoms with Gasteiger partial charge >= 0.3 is 12.1 Å². The second-order valence-electron chi connectivity index (χ2n) is 6.22. The highest BCUT2D eigenvalue weighted by Crippen LogP contribution is 2.34. The Labute approximate surface area is 136 Å². The molecule has 1 aliphatic rings. The van der Waals surface area contributed by atoms with E-state index in [9.17, 15) is 27.9 Å². The van der Waals surface area contributed by atoms with Gasteiger partial charge in [-0.05, 0) is 32.8 Å². The lowest BCUT2D eigenvalue weighted by molar-refractivity contribution is -0.146. The molecule has 2 rings (SSSR count). The number of carboxylic acid groups (broad SMARTS) is 1. The summed E-state index contributed by atoms with van der Waals surface area (Å²) in [6.45, 7) is 2.93. The van der Waals surface area contributed by atoms with Crippen molar-refractivity contribution in [1.82, 2.24) is 15.3 Å². The first kappa shape index (κ1) is 18.2. The van der Waals surface area contributed by atoms with Gasteiger partial charge in [0.1, 0.15) is 5.69 Å². The molecule has 0 radical (unpaired) electrons. The Morgan fingerprint density at radius 2 is 2.00 bits per heavy atom. The lowest BCUT2D eigenvalue weighted by Crippen LogP contribution is -2.55. The number of aryl methyl sites for hydroxylation is 1. The molecule has 0 spiro atoms. The molecule has 2 unspecified atom stereocenters. The maximum Gasteiger partial charge on any atom is 0.451 e. The van der Waals surface area contributed by atoms with E-state index in [-0.39, 0.29) is 5.69 Å². The third kappa shape index (κ3) is 3.82. The first-order chi connectivity index (χ1) is 11.0. The number of aromatic nitrogens is 2. The molecule has 1 aliphatic carbocycles. The number of alkyl halides is 3. The van der Waals surface area contributed by atoms with E-state index in [0.29, 0.717) is 12.8 Å². The summed E-state index contributed by atoms with van der Waals surface area (Å²) >= 11 is 0. The highest BCUT2D eigenvalue weighted by Gasteiger charge is 2.43. The average Bonchev–Trinajstić information content (AvgIpc) is 2.45. The maximum absolute atomic E-state index is 12.8. The zero-order chi connectivity index (χ0) is 18.1. The van der Waals surface area contributed by atoms with Crippen LogP contribution >= 0.6 is 0 Å². The van der Waals surface area contributed by atoms with Crippen molar-refractivity contribution in [2.75, 3.05) is 0 Å². The Morgan fingerprint density at radius 1 is 1.33 bits per heavy atom. The van der Waals surface area contributed by atoms with Crippen LogP contribution in [0.25, 0.3) is 0 Å². The van der Waals surface area contributed by atoms with E-state index in [1.54, 1.807) is 6.92 Å². The first-order valence-corrected chi connectivity index (χ1v) is 7.51. The van der Waals surface area contributed by atoms with Crippen molar-refractivity contribution >= 4 is 11.9 Å². The Bertz CT molecular complexity index is 663. The molecule has 1 aromatic heterocycles. The van der Waals surface area contributed by atoms with Gasteiger partial charge in [-0.25, -0.2) is 9.97 Å². The van der Waals surface area contributed by atoms with Crippen molar-refractivity contribution in [3.63, 3.8) is 0 Å². The number of nitrogens with zero attached hydrogens (tertiary/aromatic N) is 2. The zero-order valence-corrected chi connectivity index (χ0v) is 13.3. The normalized spacial score (nSPS) is 24.5. The number of hydrogen-bond acceptors (Lipinski definition) is 4. The van der Waals surface area contributed by atoms with Crippen LogP contribution in [0.5, 0.6) is 0 Å². The lowest BCUT2D eigenvalue weighted by atomic mass is 9.74. The fraction of sp³-hybridized carbons (Fsp3) is 0.600. The molecular weight excluding hydrogens is 327 g/mol. The molecule has 1 aromatic rings. The SMILES string of the molecule is Cc1cc(C(=O)NC2(C)CCCCC2C(=O)O)nc(C(F)(F)F)n1. The van der Waals surface area contributed by atoms with E-state index >= 15 is 0 Å². The average molecular weight is 345 g/mol. The van der Waals surface area contributed by atoms with Crippen molar-refractivity contribution in [1.29, 1.82) is 0 Å². The molecule has 2 N–H and O–H groups in total. The monoisotopic (exact) mass is 345 g/mol. The Balaban J connectivity index is 2.29. The van der Waals surface area contributed by atoms with Crippen molar-refractivity contribution in [2.45, 2.75) is 51.2 Å². The quantitative estimate of drug-likeness (QED) is 0.878. The second kappa shape index (κ2) is 6.37. The standard InChI is InChI=1S/C15H18F3N3O3/c1-8-7-10(20-13(19-8)15(16,17)18)11(22)21-14(2)6-4-3-5-9(14)12(23)24/h7,9H,3-6H2,1-2H3,(H,21,22)(H,23,24). The molecule has 6 nitrogen and oxygen atoms in total. The van der Waals surface area contributed by atoms with Crippen LogP contribution in [0.15, 0.2) is 6.07 Å². The van der Waals surface area contributed by atoms with E-state index in [4.69, 9.17) is 0 Å². The van der Waals surface area contributed by atoms with E-state index in [2.05, 4.69) is 15.3 Å². The number of nitrogens with one attached hydrogen (secondary N) is 1. The summed E-state index contributed by atoms with van der Waals surface area (Å²) in [6.07, 6.45) is -2.46. The van der Waals surface area contributed by atoms with Gasteiger partial charge in [-0.2, -0.15) is 13.2 Å². The van der Waals surface area contributed by atoms with Crippen molar-refractivity contribution in [3.8, 4) is 0 Å². The highest BCUT2D eigenvalue weighted by atomic mass is 19.4. The molecule has 0 bridgehead atoms. The fourth-order valence-corrected chi connectivity index (χ4v) is 3.01. The Hall–Kier alpha value is -2.19. The van der Waals surface area contributed by atoms with Gasteiger partial charge in [0.25, 0.3) is 5.91 Å². The molecule has 1 heterocycles. The number of carbonyl (C=O) groups excluding carboxylic acids is 1. The topological polar surface area (TPSA) is 92.2 Å². The van der Waals surface area contributed by atoms with Crippen LogP contribution in [0.1, 0.15) is 54.6 Å². The van der Waals surface area contributed by atoms with Gasteiger partial charge < -0.3 is 10.4 Å².